The lowest BCUT2D eigenvalue weighted by atomic mass is 10.0. The monoisotopic (exact) mass is 605 g/mol. The maximum Gasteiger partial charge on any atom is 0.498 e. The molecule has 0 radical (unpaired) electrons. The molecule has 228 valence electrons. The summed E-state index contributed by atoms with van der Waals surface area (Å²) < 4.78 is 58.6. The van der Waals surface area contributed by atoms with Crippen molar-refractivity contribution < 1.29 is 46.4 Å². The number of aromatic nitrogens is 2. The Hall–Kier alpha value is -4.75. The fraction of sp³-hybridized carbons (Fsp3) is 0.345. The van der Waals surface area contributed by atoms with Crippen molar-refractivity contribution in [1.82, 2.24) is 14.9 Å². The lowest BCUT2D eigenvalue weighted by Gasteiger charge is -2.39. The summed E-state index contributed by atoms with van der Waals surface area (Å²) in [5, 5.41) is 2.07. The molecule has 1 aliphatic heterocycles. The standard InChI is InChI=1S/C29H28F4N4O6/c1-16-13-35(15-25(38)36(16)14-19-5-8-21(42-4)9-6-19)27(40)22-11-20(7-10-23(22)30)12-24-17(2)18(3)26(39)34-37(24)43-28(41)29(31,32)33/h5-11,16H,12-15H2,1-4H3/p+1. The van der Waals surface area contributed by atoms with Gasteiger partial charge in [0.05, 0.1) is 19.1 Å². The average Bonchev–Trinajstić information content (AvgIpc) is 2.96. The molecule has 0 aliphatic carbocycles. The third-order valence-corrected chi connectivity index (χ3v) is 7.28. The van der Waals surface area contributed by atoms with Crippen molar-refractivity contribution >= 4 is 17.8 Å². The zero-order valence-electron chi connectivity index (χ0n) is 23.8. The van der Waals surface area contributed by atoms with Crippen LogP contribution in [0.1, 0.15) is 45.2 Å². The fourth-order valence-electron chi connectivity index (χ4n) is 4.72. The predicted octanol–water partition coefficient (Wildman–Crippen LogP) is 2.41. The van der Waals surface area contributed by atoms with E-state index in [4.69, 9.17) is 4.74 Å². The van der Waals surface area contributed by atoms with Gasteiger partial charge < -0.3 is 14.5 Å². The first kappa shape index (κ1) is 31.2. The Morgan fingerprint density at radius 1 is 1.05 bits per heavy atom. The second-order valence-corrected chi connectivity index (χ2v) is 10.2. The van der Waals surface area contributed by atoms with Crippen LogP contribution in [0.2, 0.25) is 0 Å². The highest BCUT2D eigenvalue weighted by Crippen LogP contribution is 2.22. The number of benzene rings is 2. The SMILES string of the molecule is COc1ccc(CN2C(=O)CN(C(=O)c3cc(Cc4c(C)c(C)c(=O)[nH][n+]4OC(=O)C(F)(F)F)ccc3F)CC2C)cc1. The van der Waals surface area contributed by atoms with Gasteiger partial charge in [0.15, 0.2) is 0 Å². The van der Waals surface area contributed by atoms with Crippen molar-refractivity contribution in [3.8, 4) is 5.75 Å². The molecular formula is C29H29F4N4O6+. The van der Waals surface area contributed by atoms with Crippen molar-refractivity contribution in [3.63, 3.8) is 0 Å². The molecule has 1 fully saturated rings. The Morgan fingerprint density at radius 3 is 2.30 bits per heavy atom. The first-order chi connectivity index (χ1) is 20.2. The molecule has 0 saturated carbocycles. The maximum absolute atomic E-state index is 14.9. The van der Waals surface area contributed by atoms with Crippen LogP contribution in [-0.2, 0) is 22.6 Å². The molecule has 1 unspecified atom stereocenters. The summed E-state index contributed by atoms with van der Waals surface area (Å²) in [6.45, 7) is 4.82. The number of amides is 2. The van der Waals surface area contributed by atoms with E-state index in [1.807, 2.05) is 12.1 Å². The largest absolute Gasteiger partial charge is 0.498 e. The van der Waals surface area contributed by atoms with Crippen LogP contribution in [0.15, 0.2) is 47.3 Å². The second-order valence-electron chi connectivity index (χ2n) is 10.2. The van der Waals surface area contributed by atoms with E-state index < -0.39 is 29.4 Å². The maximum atomic E-state index is 14.9. The van der Waals surface area contributed by atoms with E-state index in [1.165, 1.54) is 30.9 Å². The zero-order valence-corrected chi connectivity index (χ0v) is 23.8. The van der Waals surface area contributed by atoms with Gasteiger partial charge in [-0.3, -0.25) is 14.4 Å². The molecule has 1 saturated heterocycles. The molecule has 1 aromatic heterocycles. The van der Waals surface area contributed by atoms with Gasteiger partial charge in [-0.1, -0.05) is 23.3 Å². The highest BCUT2D eigenvalue weighted by atomic mass is 19.4. The Morgan fingerprint density at radius 2 is 1.70 bits per heavy atom. The van der Waals surface area contributed by atoms with Gasteiger partial charge in [0, 0.05) is 30.3 Å². The molecule has 2 heterocycles. The molecule has 4 rings (SSSR count). The number of methoxy groups -OCH3 is 1. The predicted molar refractivity (Wildman–Crippen MR) is 142 cm³/mol. The van der Waals surface area contributed by atoms with Crippen molar-refractivity contribution in [2.24, 2.45) is 0 Å². The number of halogens is 4. The molecule has 0 spiro atoms. The van der Waals surface area contributed by atoms with Crippen LogP contribution in [0, 0.1) is 19.7 Å². The number of nitrogens with one attached hydrogen (secondary N) is 1. The number of ether oxygens (including phenoxy) is 1. The topological polar surface area (TPSA) is 113 Å². The first-order valence-corrected chi connectivity index (χ1v) is 13.1. The van der Waals surface area contributed by atoms with Gasteiger partial charge in [-0.05, 0) is 56.2 Å². The van der Waals surface area contributed by atoms with Gasteiger partial charge in [-0.2, -0.15) is 18.0 Å². The third-order valence-electron chi connectivity index (χ3n) is 7.28. The Balaban J connectivity index is 1.55. The molecule has 2 aromatic carbocycles. The number of hydrogen-bond donors (Lipinski definition) is 1. The molecule has 10 nitrogen and oxygen atoms in total. The molecular weight excluding hydrogens is 576 g/mol. The Kier molecular flexibility index (Phi) is 8.88. The lowest BCUT2D eigenvalue weighted by molar-refractivity contribution is -0.921. The van der Waals surface area contributed by atoms with Crippen LogP contribution in [0.5, 0.6) is 5.75 Å². The normalized spacial score (nSPS) is 15.4. The number of aromatic amines is 1. The summed E-state index contributed by atoms with van der Waals surface area (Å²) in [6, 6.07) is 10.4. The molecule has 2 amide bonds. The zero-order chi connectivity index (χ0) is 31.6. The van der Waals surface area contributed by atoms with Crippen LogP contribution in [-0.4, -0.2) is 65.1 Å². The number of carbonyl (C=O) groups is 3. The van der Waals surface area contributed by atoms with Crippen molar-refractivity contribution in [1.29, 1.82) is 0 Å². The quantitative estimate of drug-likeness (QED) is 0.327. The number of H-pyrrole nitrogens is 1. The minimum atomic E-state index is -5.33. The minimum Gasteiger partial charge on any atom is -0.497 e. The molecule has 0 bridgehead atoms. The van der Waals surface area contributed by atoms with E-state index in [9.17, 15) is 36.7 Å². The van der Waals surface area contributed by atoms with Gasteiger partial charge in [-0.15, -0.1) is 0 Å². The van der Waals surface area contributed by atoms with E-state index in [0.717, 1.165) is 11.6 Å². The molecule has 14 heteroatoms. The van der Waals surface area contributed by atoms with Gasteiger partial charge in [0.2, 0.25) is 5.91 Å². The summed E-state index contributed by atoms with van der Waals surface area (Å²) in [4.78, 5) is 57.7. The van der Waals surface area contributed by atoms with E-state index in [0.29, 0.717) is 17.1 Å². The summed E-state index contributed by atoms with van der Waals surface area (Å²) >= 11 is 0. The molecule has 1 atom stereocenters. The molecule has 3 aromatic rings. The molecule has 1 aliphatic rings. The van der Waals surface area contributed by atoms with Gasteiger partial charge in [0.1, 0.15) is 23.0 Å². The highest BCUT2D eigenvalue weighted by molar-refractivity contribution is 5.97. The number of carbonyl (C=O) groups excluding carboxylic acids is 3. The van der Waals surface area contributed by atoms with Gasteiger partial charge in [0.25, 0.3) is 11.6 Å². The second kappa shape index (κ2) is 12.2. The van der Waals surface area contributed by atoms with Crippen molar-refractivity contribution in [3.05, 3.63) is 92.1 Å². The van der Waals surface area contributed by atoms with E-state index in [1.54, 1.807) is 31.1 Å². The summed E-state index contributed by atoms with van der Waals surface area (Å²) in [7, 11) is 1.55. The van der Waals surface area contributed by atoms with Crippen LogP contribution >= 0.6 is 0 Å². The van der Waals surface area contributed by atoms with Crippen molar-refractivity contribution in [2.75, 3.05) is 20.2 Å². The summed E-state index contributed by atoms with van der Waals surface area (Å²) in [6.07, 6.45) is -5.57. The summed E-state index contributed by atoms with van der Waals surface area (Å²) in [5.74, 6) is -3.82. The number of piperazine rings is 1. The number of alkyl halides is 3. The third kappa shape index (κ3) is 6.84. The number of nitrogens with zero attached hydrogens (tertiary/aromatic N) is 3. The van der Waals surface area contributed by atoms with E-state index in [2.05, 4.69) is 9.94 Å². The smallest absolute Gasteiger partial charge is 0.497 e. The van der Waals surface area contributed by atoms with Gasteiger partial charge >= 0.3 is 17.7 Å². The fourth-order valence-corrected chi connectivity index (χ4v) is 4.72. The number of hydrogen-bond acceptors (Lipinski definition) is 6. The van der Waals surface area contributed by atoms with Gasteiger partial charge in [-0.25, -0.2) is 9.18 Å². The lowest BCUT2D eigenvalue weighted by Crippen LogP contribution is -2.58. The minimum absolute atomic E-state index is 0.0318. The summed E-state index contributed by atoms with van der Waals surface area (Å²) in [5.41, 5.74) is 0.362. The number of rotatable bonds is 7. The van der Waals surface area contributed by atoms with E-state index in [-0.39, 0.29) is 59.4 Å². The average molecular weight is 606 g/mol. The van der Waals surface area contributed by atoms with Crippen LogP contribution in [0.4, 0.5) is 17.6 Å². The Bertz CT molecular complexity index is 1620. The van der Waals surface area contributed by atoms with Crippen molar-refractivity contribution in [2.45, 2.75) is 46.0 Å². The van der Waals surface area contributed by atoms with E-state index >= 15 is 0 Å². The molecule has 43 heavy (non-hydrogen) atoms. The van der Waals surface area contributed by atoms with Crippen LogP contribution in [0.25, 0.3) is 0 Å². The Labute approximate surface area is 243 Å². The highest BCUT2D eigenvalue weighted by Gasteiger charge is 2.46. The molecule has 1 N–H and O–H groups in total. The first-order valence-electron chi connectivity index (χ1n) is 13.1. The van der Waals surface area contributed by atoms with Crippen LogP contribution in [0.3, 0.4) is 0 Å². The van der Waals surface area contributed by atoms with Crippen LogP contribution < -0.4 is 20.0 Å².